The van der Waals surface area contributed by atoms with Gasteiger partial charge in [0, 0.05) is 11.4 Å². The van der Waals surface area contributed by atoms with Crippen molar-refractivity contribution in [3.8, 4) is 0 Å². The zero-order valence-corrected chi connectivity index (χ0v) is 14.5. The number of carbonyl (C=O) groups excluding carboxylic acids is 1. The van der Waals surface area contributed by atoms with Crippen LogP contribution in [0, 0.1) is 6.92 Å². The molecule has 1 heterocycles. The van der Waals surface area contributed by atoms with Crippen LogP contribution in [0.2, 0.25) is 0 Å². The number of amides is 1. The molecule has 0 atom stereocenters. The summed E-state index contributed by atoms with van der Waals surface area (Å²) < 4.78 is 0. The minimum atomic E-state index is -0.129. The highest BCUT2D eigenvalue weighted by atomic mass is 32.1. The van der Waals surface area contributed by atoms with Crippen LogP contribution in [0.3, 0.4) is 0 Å². The third kappa shape index (κ3) is 3.81. The molecule has 2 aromatic carbocycles. The van der Waals surface area contributed by atoms with Gasteiger partial charge in [0.2, 0.25) is 0 Å². The number of carbonyl (C=O) groups is 1. The third-order valence-electron chi connectivity index (χ3n) is 3.65. The molecule has 2 N–H and O–H groups in total. The molecule has 0 saturated heterocycles. The Balaban J connectivity index is 1.72. The largest absolute Gasteiger partial charge is 0.332 e. The average Bonchev–Trinajstić information content (AvgIpc) is 2.97. The van der Waals surface area contributed by atoms with Crippen LogP contribution in [0.5, 0.6) is 0 Å². The predicted octanol–water partition coefficient (Wildman–Crippen LogP) is 5.01. The van der Waals surface area contributed by atoms with Gasteiger partial charge >= 0.3 is 0 Å². The zero-order valence-electron chi connectivity index (χ0n) is 13.7. The van der Waals surface area contributed by atoms with Crippen molar-refractivity contribution in [2.45, 2.75) is 20.3 Å². The summed E-state index contributed by atoms with van der Waals surface area (Å²) in [5.41, 5.74) is 3.72. The fraction of sp³-hybridized carbons (Fsp3) is 0.158. The highest BCUT2D eigenvalue weighted by Gasteiger charge is 2.15. The van der Waals surface area contributed by atoms with E-state index in [2.05, 4.69) is 22.5 Å². The Hall–Kier alpha value is -2.66. The van der Waals surface area contributed by atoms with Crippen molar-refractivity contribution >= 4 is 33.8 Å². The first-order chi connectivity index (χ1) is 11.7. The Morgan fingerprint density at radius 1 is 1.04 bits per heavy atom. The van der Waals surface area contributed by atoms with Crippen molar-refractivity contribution in [3.05, 3.63) is 70.7 Å². The number of nitrogens with zero attached hydrogens (tertiary/aromatic N) is 1. The van der Waals surface area contributed by atoms with E-state index in [1.54, 1.807) is 0 Å². The third-order valence-corrected chi connectivity index (χ3v) is 4.72. The number of rotatable bonds is 5. The summed E-state index contributed by atoms with van der Waals surface area (Å²) in [5, 5.41) is 6.87. The van der Waals surface area contributed by atoms with E-state index in [4.69, 9.17) is 0 Å². The highest BCUT2D eigenvalue weighted by molar-refractivity contribution is 7.17. The van der Waals surface area contributed by atoms with Gasteiger partial charge in [-0.25, -0.2) is 4.98 Å². The standard InChI is InChI=1S/C19H19N3OS/c1-3-14-9-11-16(12-10-14)21-18(23)17-13(2)20-19(24-17)22-15-7-5-4-6-8-15/h4-12H,3H2,1-2H3,(H,20,22)(H,21,23). The molecule has 0 unspecified atom stereocenters. The van der Waals surface area contributed by atoms with E-state index in [0.29, 0.717) is 10.0 Å². The molecular formula is C19H19N3OS. The van der Waals surface area contributed by atoms with Gasteiger partial charge in [-0.3, -0.25) is 4.79 Å². The van der Waals surface area contributed by atoms with Gasteiger partial charge in [0.05, 0.1) is 5.69 Å². The molecule has 0 fully saturated rings. The zero-order chi connectivity index (χ0) is 16.9. The Morgan fingerprint density at radius 3 is 2.42 bits per heavy atom. The molecule has 122 valence electrons. The molecule has 0 saturated carbocycles. The van der Waals surface area contributed by atoms with Crippen molar-refractivity contribution in [2.24, 2.45) is 0 Å². The molecule has 0 aliphatic rings. The number of nitrogens with one attached hydrogen (secondary N) is 2. The van der Waals surface area contributed by atoms with Crippen molar-refractivity contribution in [2.75, 3.05) is 10.6 Å². The Bertz CT molecular complexity index is 826. The second-order valence-electron chi connectivity index (χ2n) is 5.43. The van der Waals surface area contributed by atoms with Gasteiger partial charge in [-0.05, 0) is 43.2 Å². The van der Waals surface area contributed by atoms with E-state index in [1.807, 2.05) is 61.5 Å². The number of aryl methyl sites for hydroxylation is 2. The molecule has 3 rings (SSSR count). The number of thiazole rings is 1. The minimum absolute atomic E-state index is 0.129. The highest BCUT2D eigenvalue weighted by Crippen LogP contribution is 2.26. The lowest BCUT2D eigenvalue weighted by atomic mass is 10.1. The summed E-state index contributed by atoms with van der Waals surface area (Å²) >= 11 is 1.36. The van der Waals surface area contributed by atoms with E-state index in [1.165, 1.54) is 16.9 Å². The number of para-hydroxylation sites is 1. The number of aromatic nitrogens is 1. The second-order valence-corrected chi connectivity index (χ2v) is 6.43. The number of benzene rings is 2. The van der Waals surface area contributed by atoms with Crippen molar-refractivity contribution in [1.29, 1.82) is 0 Å². The van der Waals surface area contributed by atoms with Gasteiger partial charge in [-0.2, -0.15) is 0 Å². The first-order valence-electron chi connectivity index (χ1n) is 7.85. The normalized spacial score (nSPS) is 10.4. The van der Waals surface area contributed by atoms with Crippen molar-refractivity contribution in [1.82, 2.24) is 4.98 Å². The molecule has 0 radical (unpaired) electrons. The maximum Gasteiger partial charge on any atom is 0.267 e. The fourth-order valence-electron chi connectivity index (χ4n) is 2.32. The number of hydrogen-bond donors (Lipinski definition) is 2. The van der Waals surface area contributed by atoms with Crippen LogP contribution in [0.25, 0.3) is 0 Å². The molecule has 5 heteroatoms. The number of hydrogen-bond acceptors (Lipinski definition) is 4. The monoisotopic (exact) mass is 337 g/mol. The van der Waals surface area contributed by atoms with Crippen LogP contribution in [-0.2, 0) is 6.42 Å². The average molecular weight is 337 g/mol. The van der Waals surface area contributed by atoms with Gasteiger partial charge < -0.3 is 10.6 Å². The topological polar surface area (TPSA) is 54.0 Å². The van der Waals surface area contributed by atoms with Crippen LogP contribution in [0.15, 0.2) is 54.6 Å². The molecule has 0 spiro atoms. The van der Waals surface area contributed by atoms with E-state index >= 15 is 0 Å². The molecule has 0 aliphatic heterocycles. The van der Waals surface area contributed by atoms with Gasteiger partial charge in [0.25, 0.3) is 5.91 Å². The molecule has 4 nitrogen and oxygen atoms in total. The number of anilines is 3. The maximum absolute atomic E-state index is 12.5. The first-order valence-corrected chi connectivity index (χ1v) is 8.67. The lowest BCUT2D eigenvalue weighted by Gasteiger charge is -2.05. The molecule has 0 aliphatic carbocycles. The lowest BCUT2D eigenvalue weighted by molar-refractivity contribution is 0.103. The van der Waals surface area contributed by atoms with Crippen LogP contribution < -0.4 is 10.6 Å². The smallest absolute Gasteiger partial charge is 0.267 e. The van der Waals surface area contributed by atoms with Gasteiger partial charge in [0.15, 0.2) is 5.13 Å². The van der Waals surface area contributed by atoms with Crippen LogP contribution in [0.4, 0.5) is 16.5 Å². The molecule has 3 aromatic rings. The quantitative estimate of drug-likeness (QED) is 0.688. The molecule has 0 bridgehead atoms. The molecular weight excluding hydrogens is 318 g/mol. The Kier molecular flexibility index (Phi) is 4.91. The van der Waals surface area contributed by atoms with Crippen LogP contribution in [-0.4, -0.2) is 10.9 Å². The summed E-state index contributed by atoms with van der Waals surface area (Å²) in [6.45, 7) is 3.96. The predicted molar refractivity (Wildman–Crippen MR) is 100 cm³/mol. The van der Waals surface area contributed by atoms with Crippen molar-refractivity contribution < 1.29 is 4.79 Å². The lowest BCUT2D eigenvalue weighted by Crippen LogP contribution is -2.11. The second kappa shape index (κ2) is 7.27. The Morgan fingerprint density at radius 2 is 1.75 bits per heavy atom. The molecule has 1 aromatic heterocycles. The Labute approximate surface area is 145 Å². The van der Waals surface area contributed by atoms with Gasteiger partial charge in [-0.15, -0.1) is 0 Å². The summed E-state index contributed by atoms with van der Waals surface area (Å²) in [6.07, 6.45) is 0.983. The SMILES string of the molecule is CCc1ccc(NC(=O)c2sc(Nc3ccccc3)nc2C)cc1. The molecule has 1 amide bonds. The summed E-state index contributed by atoms with van der Waals surface area (Å²) in [6, 6.07) is 17.7. The van der Waals surface area contributed by atoms with Gasteiger partial charge in [0.1, 0.15) is 4.88 Å². The summed E-state index contributed by atoms with van der Waals surface area (Å²) in [7, 11) is 0. The first kappa shape index (κ1) is 16.2. The van der Waals surface area contributed by atoms with E-state index in [9.17, 15) is 4.79 Å². The summed E-state index contributed by atoms with van der Waals surface area (Å²) in [4.78, 5) is 17.5. The maximum atomic E-state index is 12.5. The van der Waals surface area contributed by atoms with E-state index < -0.39 is 0 Å². The van der Waals surface area contributed by atoms with Crippen LogP contribution >= 0.6 is 11.3 Å². The minimum Gasteiger partial charge on any atom is -0.332 e. The van der Waals surface area contributed by atoms with Crippen LogP contribution in [0.1, 0.15) is 27.9 Å². The van der Waals surface area contributed by atoms with Crippen molar-refractivity contribution in [3.63, 3.8) is 0 Å². The van der Waals surface area contributed by atoms with E-state index in [-0.39, 0.29) is 5.91 Å². The summed E-state index contributed by atoms with van der Waals surface area (Å²) in [5.74, 6) is -0.129. The fourth-order valence-corrected chi connectivity index (χ4v) is 3.20. The molecule has 24 heavy (non-hydrogen) atoms. The van der Waals surface area contributed by atoms with Gasteiger partial charge in [-0.1, -0.05) is 48.6 Å². The van der Waals surface area contributed by atoms with E-state index in [0.717, 1.165) is 23.5 Å².